The van der Waals surface area contributed by atoms with E-state index in [9.17, 15) is 0 Å². The van der Waals surface area contributed by atoms with E-state index >= 15 is 0 Å². The van der Waals surface area contributed by atoms with Crippen LogP contribution in [0, 0.1) is 6.92 Å². The van der Waals surface area contributed by atoms with E-state index in [1.165, 1.54) is 12.8 Å². The van der Waals surface area contributed by atoms with Crippen LogP contribution < -0.4 is 5.32 Å². The van der Waals surface area contributed by atoms with E-state index < -0.39 is 0 Å². The van der Waals surface area contributed by atoms with Gasteiger partial charge in [0.1, 0.15) is 16.8 Å². The van der Waals surface area contributed by atoms with Crippen LogP contribution in [0.3, 0.4) is 0 Å². The highest BCUT2D eigenvalue weighted by Crippen LogP contribution is 2.39. The van der Waals surface area contributed by atoms with Gasteiger partial charge in [-0.2, -0.15) is 0 Å². The zero-order chi connectivity index (χ0) is 12.4. The molecule has 0 aliphatic heterocycles. The molecule has 1 aliphatic rings. The zero-order valence-corrected chi connectivity index (χ0v) is 11.5. The Bertz CT molecular complexity index is 398. The number of rotatable bonds is 5. The predicted octanol–water partition coefficient (Wildman–Crippen LogP) is 3.92. The van der Waals surface area contributed by atoms with Crippen LogP contribution in [0.25, 0.3) is 0 Å². The van der Waals surface area contributed by atoms with Crippen molar-refractivity contribution in [3.8, 4) is 0 Å². The molecule has 1 saturated carbocycles. The van der Waals surface area contributed by atoms with Crippen LogP contribution in [-0.2, 0) is 0 Å². The summed E-state index contributed by atoms with van der Waals surface area (Å²) in [4.78, 5) is 8.99. The van der Waals surface area contributed by atoms with Crippen molar-refractivity contribution in [2.45, 2.75) is 58.4 Å². The summed E-state index contributed by atoms with van der Waals surface area (Å²) in [6, 6.07) is 0.465. The second-order valence-corrected chi connectivity index (χ2v) is 5.14. The summed E-state index contributed by atoms with van der Waals surface area (Å²) in [5.41, 5.74) is 0.961. The molecule has 0 aromatic carbocycles. The summed E-state index contributed by atoms with van der Waals surface area (Å²) < 4.78 is 0. The Morgan fingerprint density at radius 2 is 1.94 bits per heavy atom. The van der Waals surface area contributed by atoms with Crippen LogP contribution in [0.4, 0.5) is 5.82 Å². The fraction of sp³-hybridized carbons (Fsp3) is 0.692. The molecule has 2 rings (SSSR count). The van der Waals surface area contributed by atoms with Gasteiger partial charge in [0, 0.05) is 17.5 Å². The topological polar surface area (TPSA) is 37.8 Å². The summed E-state index contributed by atoms with van der Waals surface area (Å²) in [7, 11) is 0. The van der Waals surface area contributed by atoms with E-state index in [4.69, 9.17) is 11.6 Å². The number of hydrogen-bond acceptors (Lipinski definition) is 3. The third-order valence-corrected chi connectivity index (χ3v) is 3.74. The third kappa shape index (κ3) is 2.89. The van der Waals surface area contributed by atoms with Gasteiger partial charge in [-0.1, -0.05) is 25.4 Å². The normalized spacial score (nSPS) is 15.4. The first-order chi connectivity index (χ1) is 8.15. The molecule has 1 aromatic rings. The number of nitrogens with one attached hydrogen (secondary N) is 1. The van der Waals surface area contributed by atoms with E-state index in [2.05, 4.69) is 29.1 Å². The van der Waals surface area contributed by atoms with Crippen LogP contribution in [0.1, 0.15) is 56.8 Å². The molecule has 1 N–H and O–H groups in total. The van der Waals surface area contributed by atoms with Crippen molar-refractivity contribution in [2.75, 3.05) is 5.32 Å². The molecule has 0 unspecified atom stereocenters. The Hall–Kier alpha value is -0.830. The molecule has 0 spiro atoms. The molecule has 4 heteroatoms. The van der Waals surface area contributed by atoms with Crippen molar-refractivity contribution in [3.05, 3.63) is 16.5 Å². The maximum atomic E-state index is 6.17. The van der Waals surface area contributed by atoms with Gasteiger partial charge in [-0.25, -0.2) is 9.97 Å². The predicted molar refractivity (Wildman–Crippen MR) is 71.7 cm³/mol. The van der Waals surface area contributed by atoms with Crippen molar-refractivity contribution >= 4 is 17.4 Å². The quantitative estimate of drug-likeness (QED) is 0.809. The van der Waals surface area contributed by atoms with E-state index in [0.717, 1.165) is 30.0 Å². The first-order valence-corrected chi connectivity index (χ1v) is 6.84. The molecule has 94 valence electrons. The fourth-order valence-corrected chi connectivity index (χ4v) is 2.03. The number of aromatic nitrogens is 2. The average Bonchev–Trinajstić information content (AvgIpc) is 3.15. The summed E-state index contributed by atoms with van der Waals surface area (Å²) in [6.45, 7) is 6.34. The van der Waals surface area contributed by atoms with Gasteiger partial charge in [0.2, 0.25) is 0 Å². The van der Waals surface area contributed by atoms with Crippen molar-refractivity contribution in [1.29, 1.82) is 0 Å². The number of anilines is 1. The lowest BCUT2D eigenvalue weighted by Gasteiger charge is -2.18. The molecular formula is C13H20ClN3. The van der Waals surface area contributed by atoms with Crippen molar-refractivity contribution in [3.63, 3.8) is 0 Å². The van der Waals surface area contributed by atoms with Gasteiger partial charge < -0.3 is 5.32 Å². The van der Waals surface area contributed by atoms with Crippen LogP contribution in [0.5, 0.6) is 0 Å². The molecule has 0 bridgehead atoms. The minimum Gasteiger partial charge on any atom is -0.367 e. The molecule has 1 aliphatic carbocycles. The van der Waals surface area contributed by atoms with Crippen molar-refractivity contribution < 1.29 is 0 Å². The standard InChI is InChI=1S/C13H20ClN3/c1-4-10(5-2)15-12-8(3)11(14)16-13(17-12)9-6-7-9/h9-10H,4-7H2,1-3H3,(H,15,16,17). The molecule has 1 heterocycles. The molecule has 0 amide bonds. The third-order valence-electron chi connectivity index (χ3n) is 3.37. The minimum atomic E-state index is 0.465. The molecule has 17 heavy (non-hydrogen) atoms. The maximum Gasteiger partial charge on any atom is 0.137 e. The molecule has 0 radical (unpaired) electrons. The van der Waals surface area contributed by atoms with E-state index in [0.29, 0.717) is 17.1 Å². The lowest BCUT2D eigenvalue weighted by atomic mass is 10.1. The summed E-state index contributed by atoms with van der Waals surface area (Å²) in [5, 5.41) is 4.07. The smallest absolute Gasteiger partial charge is 0.137 e. The maximum absolute atomic E-state index is 6.17. The van der Waals surface area contributed by atoms with Crippen molar-refractivity contribution in [2.24, 2.45) is 0 Å². The monoisotopic (exact) mass is 253 g/mol. The molecule has 1 aromatic heterocycles. The number of nitrogens with zero attached hydrogens (tertiary/aromatic N) is 2. The number of halogens is 1. The lowest BCUT2D eigenvalue weighted by Crippen LogP contribution is -2.19. The SMILES string of the molecule is CCC(CC)Nc1nc(C2CC2)nc(Cl)c1C. The largest absolute Gasteiger partial charge is 0.367 e. The van der Waals surface area contributed by atoms with Gasteiger partial charge in [-0.3, -0.25) is 0 Å². The van der Waals surface area contributed by atoms with Crippen LogP contribution >= 0.6 is 11.6 Å². The Morgan fingerprint density at radius 3 is 2.47 bits per heavy atom. The Balaban J connectivity index is 2.24. The zero-order valence-electron chi connectivity index (χ0n) is 10.8. The van der Waals surface area contributed by atoms with E-state index in [1.54, 1.807) is 0 Å². The van der Waals surface area contributed by atoms with Crippen LogP contribution in [0.2, 0.25) is 5.15 Å². The molecule has 3 nitrogen and oxygen atoms in total. The first-order valence-electron chi connectivity index (χ1n) is 6.46. The minimum absolute atomic E-state index is 0.465. The van der Waals surface area contributed by atoms with Crippen molar-refractivity contribution in [1.82, 2.24) is 9.97 Å². The highest BCUT2D eigenvalue weighted by molar-refractivity contribution is 6.30. The Morgan fingerprint density at radius 1 is 1.29 bits per heavy atom. The summed E-state index contributed by atoms with van der Waals surface area (Å²) >= 11 is 6.17. The van der Waals surface area contributed by atoms with Gasteiger partial charge in [0.15, 0.2) is 0 Å². The van der Waals surface area contributed by atoms with E-state index in [1.807, 2.05) is 6.92 Å². The van der Waals surface area contributed by atoms with Gasteiger partial charge in [-0.05, 0) is 32.6 Å². The second kappa shape index (κ2) is 5.21. The Labute approximate surface area is 108 Å². The fourth-order valence-electron chi connectivity index (χ4n) is 1.86. The molecule has 1 fully saturated rings. The van der Waals surface area contributed by atoms with Gasteiger partial charge in [0.25, 0.3) is 0 Å². The highest BCUT2D eigenvalue weighted by Gasteiger charge is 2.28. The first kappa shape index (κ1) is 12.6. The van der Waals surface area contributed by atoms with E-state index in [-0.39, 0.29) is 0 Å². The number of hydrogen-bond donors (Lipinski definition) is 1. The summed E-state index contributed by atoms with van der Waals surface area (Å²) in [5.74, 6) is 2.37. The van der Waals surface area contributed by atoms with Crippen LogP contribution in [0.15, 0.2) is 0 Å². The van der Waals surface area contributed by atoms with Gasteiger partial charge in [-0.15, -0.1) is 0 Å². The lowest BCUT2D eigenvalue weighted by molar-refractivity contribution is 0.666. The second-order valence-electron chi connectivity index (χ2n) is 4.78. The summed E-state index contributed by atoms with van der Waals surface area (Å²) in [6.07, 6.45) is 4.58. The highest BCUT2D eigenvalue weighted by atomic mass is 35.5. The molecule has 0 saturated heterocycles. The van der Waals surface area contributed by atoms with Gasteiger partial charge in [0.05, 0.1) is 0 Å². The van der Waals surface area contributed by atoms with Gasteiger partial charge >= 0.3 is 0 Å². The van der Waals surface area contributed by atoms with Crippen LogP contribution in [-0.4, -0.2) is 16.0 Å². The molecule has 0 atom stereocenters. The molecular weight excluding hydrogens is 234 g/mol. The average molecular weight is 254 g/mol. The Kier molecular flexibility index (Phi) is 3.87.